The summed E-state index contributed by atoms with van der Waals surface area (Å²) in [5.41, 5.74) is 0. The topological polar surface area (TPSA) is 3.24 Å². The second-order valence-corrected chi connectivity index (χ2v) is 9.03. The van der Waals surface area contributed by atoms with Crippen molar-refractivity contribution in [2.45, 2.75) is 135 Å². The van der Waals surface area contributed by atoms with E-state index in [2.05, 4.69) is 11.8 Å². The van der Waals surface area contributed by atoms with Gasteiger partial charge in [-0.15, -0.1) is 0 Å². The number of rotatable bonds is 15. The van der Waals surface area contributed by atoms with Gasteiger partial charge in [0.15, 0.2) is 0 Å². The Kier molecular flexibility index (Phi) is 12.0. The maximum absolute atomic E-state index is 2.80. The van der Waals surface area contributed by atoms with Crippen LogP contribution in [0.4, 0.5) is 0 Å². The summed E-state index contributed by atoms with van der Waals surface area (Å²) < 4.78 is 0. The van der Waals surface area contributed by atoms with Gasteiger partial charge < -0.3 is 4.90 Å². The molecule has 0 radical (unpaired) electrons. The highest BCUT2D eigenvalue weighted by Crippen LogP contribution is 2.34. The van der Waals surface area contributed by atoms with Crippen LogP contribution >= 0.6 is 0 Å². The van der Waals surface area contributed by atoms with E-state index in [1.165, 1.54) is 135 Å². The van der Waals surface area contributed by atoms with Crippen molar-refractivity contribution in [3.63, 3.8) is 0 Å². The molecule has 1 heteroatoms. The monoisotopic (exact) mass is 349 g/mol. The van der Waals surface area contributed by atoms with Crippen LogP contribution < -0.4 is 0 Å². The van der Waals surface area contributed by atoms with Crippen LogP contribution in [0.2, 0.25) is 0 Å². The fraction of sp³-hybridized carbons (Fsp3) is 1.00. The maximum Gasteiger partial charge on any atom is 0.0124 e. The van der Waals surface area contributed by atoms with Crippen LogP contribution in [0, 0.1) is 5.92 Å². The van der Waals surface area contributed by atoms with Gasteiger partial charge in [0.2, 0.25) is 0 Å². The van der Waals surface area contributed by atoms with Crippen LogP contribution in [-0.2, 0) is 0 Å². The first-order valence-electron chi connectivity index (χ1n) is 12.2. The lowest BCUT2D eigenvalue weighted by atomic mass is 9.89. The summed E-state index contributed by atoms with van der Waals surface area (Å²) in [5, 5.41) is 0. The molecule has 2 aliphatic heterocycles. The zero-order valence-corrected chi connectivity index (χ0v) is 17.5. The third-order valence-electron chi connectivity index (χ3n) is 6.92. The Balaban J connectivity index is 1.30. The minimum Gasteiger partial charge on any atom is -0.300 e. The molecule has 2 saturated heterocycles. The van der Waals surface area contributed by atoms with E-state index in [4.69, 9.17) is 0 Å². The van der Waals surface area contributed by atoms with Crippen LogP contribution in [0.1, 0.15) is 129 Å². The number of hydrogen-bond donors (Lipinski definition) is 0. The lowest BCUT2D eigenvalue weighted by Gasteiger charge is -2.32. The molecular formula is C24H47N. The average molecular weight is 350 g/mol. The van der Waals surface area contributed by atoms with E-state index in [1.807, 2.05) is 0 Å². The van der Waals surface area contributed by atoms with E-state index in [0.717, 1.165) is 12.0 Å². The van der Waals surface area contributed by atoms with Crippen molar-refractivity contribution in [1.82, 2.24) is 4.90 Å². The van der Waals surface area contributed by atoms with Crippen molar-refractivity contribution >= 4 is 0 Å². The quantitative estimate of drug-likeness (QED) is 0.273. The predicted octanol–water partition coefficient (Wildman–Crippen LogP) is 7.73. The third-order valence-corrected chi connectivity index (χ3v) is 6.92. The summed E-state index contributed by atoms with van der Waals surface area (Å²) in [4.78, 5) is 2.80. The molecule has 2 aliphatic rings. The first kappa shape index (κ1) is 21.3. The minimum absolute atomic E-state index is 0.982. The van der Waals surface area contributed by atoms with Gasteiger partial charge in [0.05, 0.1) is 0 Å². The van der Waals surface area contributed by atoms with Gasteiger partial charge in [0, 0.05) is 6.04 Å². The number of unbranched alkanes of at least 4 members (excludes halogenated alkanes) is 13. The van der Waals surface area contributed by atoms with Gasteiger partial charge in [0.25, 0.3) is 0 Å². The number of fused-ring (bicyclic) bond motifs is 1. The Morgan fingerprint density at radius 1 is 0.600 bits per heavy atom. The molecule has 2 rings (SSSR count). The highest BCUT2D eigenvalue weighted by molar-refractivity contribution is 4.89. The van der Waals surface area contributed by atoms with Gasteiger partial charge in [-0.2, -0.15) is 0 Å². The molecule has 0 N–H and O–H groups in total. The van der Waals surface area contributed by atoms with E-state index in [1.54, 1.807) is 0 Å². The molecule has 2 heterocycles. The minimum atomic E-state index is 0.982. The van der Waals surface area contributed by atoms with Crippen molar-refractivity contribution in [1.29, 1.82) is 0 Å². The third kappa shape index (κ3) is 8.94. The van der Waals surface area contributed by atoms with E-state index in [0.29, 0.717) is 0 Å². The highest BCUT2D eigenvalue weighted by atomic mass is 15.2. The summed E-state index contributed by atoms with van der Waals surface area (Å²) in [6.07, 6.45) is 28.2. The van der Waals surface area contributed by atoms with Gasteiger partial charge in [0.1, 0.15) is 0 Å². The summed E-state index contributed by atoms with van der Waals surface area (Å²) in [5.74, 6) is 1.05. The first-order chi connectivity index (χ1) is 12.4. The number of nitrogens with zero attached hydrogens (tertiary/aromatic N) is 1. The van der Waals surface area contributed by atoms with Crippen molar-refractivity contribution in [3.8, 4) is 0 Å². The molecule has 0 aromatic heterocycles. The maximum atomic E-state index is 2.80. The summed E-state index contributed by atoms with van der Waals surface area (Å²) in [6, 6.07) is 0.982. The Bertz CT molecular complexity index is 300. The number of hydrogen-bond acceptors (Lipinski definition) is 1. The average Bonchev–Trinajstić information content (AvgIpc) is 3.05. The summed E-state index contributed by atoms with van der Waals surface area (Å²) in [7, 11) is 0. The van der Waals surface area contributed by atoms with E-state index in [9.17, 15) is 0 Å². The van der Waals surface area contributed by atoms with Crippen LogP contribution in [0.25, 0.3) is 0 Å². The molecule has 148 valence electrons. The molecule has 2 atom stereocenters. The first-order valence-corrected chi connectivity index (χ1v) is 12.2. The van der Waals surface area contributed by atoms with Crippen LogP contribution in [0.15, 0.2) is 0 Å². The summed E-state index contributed by atoms with van der Waals surface area (Å²) >= 11 is 0. The lowest BCUT2D eigenvalue weighted by molar-refractivity contribution is 0.167. The fourth-order valence-corrected chi connectivity index (χ4v) is 5.29. The lowest BCUT2D eigenvalue weighted by Crippen LogP contribution is -2.36. The highest BCUT2D eigenvalue weighted by Gasteiger charge is 2.34. The molecule has 2 fully saturated rings. The molecule has 0 amide bonds. The number of piperidine rings is 1. The molecule has 2 unspecified atom stereocenters. The SMILES string of the molecule is CCCCCCCCCCCCCCCCC1CCN2CCCCC12. The van der Waals surface area contributed by atoms with E-state index < -0.39 is 0 Å². The molecular weight excluding hydrogens is 302 g/mol. The second kappa shape index (κ2) is 14.1. The fourth-order valence-electron chi connectivity index (χ4n) is 5.29. The Hall–Kier alpha value is -0.0400. The molecule has 0 saturated carbocycles. The van der Waals surface area contributed by atoms with E-state index in [-0.39, 0.29) is 0 Å². The van der Waals surface area contributed by atoms with Crippen molar-refractivity contribution in [2.75, 3.05) is 13.1 Å². The molecule has 0 aliphatic carbocycles. The molecule has 0 spiro atoms. The zero-order chi connectivity index (χ0) is 17.6. The van der Waals surface area contributed by atoms with Gasteiger partial charge in [-0.3, -0.25) is 0 Å². The van der Waals surface area contributed by atoms with Gasteiger partial charge >= 0.3 is 0 Å². The van der Waals surface area contributed by atoms with Crippen molar-refractivity contribution in [2.24, 2.45) is 5.92 Å². The van der Waals surface area contributed by atoms with Crippen LogP contribution in [0.3, 0.4) is 0 Å². The second-order valence-electron chi connectivity index (χ2n) is 9.03. The molecule has 0 aromatic carbocycles. The zero-order valence-electron chi connectivity index (χ0n) is 17.5. The van der Waals surface area contributed by atoms with Crippen LogP contribution in [0.5, 0.6) is 0 Å². The van der Waals surface area contributed by atoms with Gasteiger partial charge in [-0.25, -0.2) is 0 Å². The molecule has 25 heavy (non-hydrogen) atoms. The molecule has 1 nitrogen and oxygen atoms in total. The van der Waals surface area contributed by atoms with E-state index >= 15 is 0 Å². The largest absolute Gasteiger partial charge is 0.300 e. The molecule has 0 aromatic rings. The summed E-state index contributed by atoms with van der Waals surface area (Å²) in [6.45, 7) is 5.12. The van der Waals surface area contributed by atoms with Crippen LogP contribution in [-0.4, -0.2) is 24.0 Å². The Morgan fingerprint density at radius 3 is 1.76 bits per heavy atom. The van der Waals surface area contributed by atoms with Crippen molar-refractivity contribution < 1.29 is 0 Å². The molecule has 0 bridgehead atoms. The van der Waals surface area contributed by atoms with Crippen molar-refractivity contribution in [3.05, 3.63) is 0 Å². The Morgan fingerprint density at radius 2 is 1.16 bits per heavy atom. The standard InChI is InChI=1S/C24H47N/c1-2-3-4-5-6-7-8-9-10-11-12-13-14-15-18-23-20-22-25-21-17-16-19-24(23)25/h23-24H,2-22H2,1H3. The Labute approximate surface area is 159 Å². The predicted molar refractivity (Wildman–Crippen MR) is 112 cm³/mol. The van der Waals surface area contributed by atoms with Gasteiger partial charge in [-0.1, -0.05) is 103 Å². The smallest absolute Gasteiger partial charge is 0.0124 e. The van der Waals surface area contributed by atoms with Gasteiger partial charge in [-0.05, 0) is 44.7 Å². The normalized spacial score (nSPS) is 23.9.